The summed E-state index contributed by atoms with van der Waals surface area (Å²) in [6, 6.07) is 0. The molecule has 0 aliphatic heterocycles. The summed E-state index contributed by atoms with van der Waals surface area (Å²) in [5.41, 5.74) is 0. The van der Waals surface area contributed by atoms with Gasteiger partial charge in [-0.15, -0.1) is 0 Å². The molecule has 0 spiro atoms. The van der Waals surface area contributed by atoms with E-state index in [1.807, 2.05) is 0 Å². The molecular formula is C12H28NNaO3. The Morgan fingerprint density at radius 1 is 0.824 bits per heavy atom. The average Bonchev–Trinajstić information content (AvgIpc) is 2.19. The van der Waals surface area contributed by atoms with Crippen LogP contribution in [0.5, 0.6) is 0 Å². The van der Waals surface area contributed by atoms with Gasteiger partial charge in [-0.3, -0.25) is 0 Å². The topological polar surface area (TPSA) is 63.5 Å². The van der Waals surface area contributed by atoms with Crippen molar-refractivity contribution in [2.75, 3.05) is 6.54 Å². The second kappa shape index (κ2) is 13.3. The molecule has 0 unspecified atom stereocenters. The van der Waals surface area contributed by atoms with Gasteiger partial charge in [-0.05, 0) is 6.42 Å². The molecule has 0 aromatic heterocycles. The predicted octanol–water partition coefficient (Wildman–Crippen LogP) is 1.12. The van der Waals surface area contributed by atoms with Crippen LogP contribution in [-0.2, 0) is 0 Å². The van der Waals surface area contributed by atoms with Crippen molar-refractivity contribution in [3.8, 4) is 0 Å². The van der Waals surface area contributed by atoms with E-state index in [0.29, 0.717) is 6.42 Å². The molecular weight excluding hydrogens is 229 g/mol. The van der Waals surface area contributed by atoms with E-state index < -0.39 is 4.97 Å². The maximum atomic E-state index is 10.4. The van der Waals surface area contributed by atoms with Crippen LogP contribution < -0.4 is 29.6 Å². The van der Waals surface area contributed by atoms with Crippen molar-refractivity contribution in [3.63, 3.8) is 0 Å². The summed E-state index contributed by atoms with van der Waals surface area (Å²) in [4.78, 5) is -2.13. The predicted molar refractivity (Wildman–Crippen MR) is 65.0 cm³/mol. The largest absolute Gasteiger partial charge is 1.00 e. The van der Waals surface area contributed by atoms with Crippen LogP contribution in [0.2, 0.25) is 0 Å². The van der Waals surface area contributed by atoms with Crippen molar-refractivity contribution >= 4 is 0 Å². The van der Waals surface area contributed by atoms with Crippen LogP contribution in [0.3, 0.4) is 0 Å². The van der Waals surface area contributed by atoms with E-state index >= 15 is 0 Å². The Hall–Kier alpha value is 0.840. The summed E-state index contributed by atoms with van der Waals surface area (Å²) in [6.07, 6.45) is 11.7. The number of nitrogens with zero attached hydrogens (tertiary/aromatic N) is 1. The minimum atomic E-state index is -2.13. The average molecular weight is 257 g/mol. The number of quaternary nitrogens is 1. The monoisotopic (exact) mass is 257 g/mol. The van der Waals surface area contributed by atoms with Crippen LogP contribution >= 0.6 is 0 Å². The van der Waals surface area contributed by atoms with Gasteiger partial charge in [-0.25, -0.2) is 0 Å². The van der Waals surface area contributed by atoms with E-state index in [4.69, 9.17) is 10.4 Å². The van der Waals surface area contributed by atoms with Crippen molar-refractivity contribution < 1.29 is 46.4 Å². The second-order valence-corrected chi connectivity index (χ2v) is 4.57. The van der Waals surface area contributed by atoms with E-state index in [2.05, 4.69) is 6.92 Å². The molecule has 0 atom stereocenters. The van der Waals surface area contributed by atoms with Gasteiger partial charge < -0.3 is 6.63 Å². The van der Waals surface area contributed by atoms with Gasteiger partial charge in [0, 0.05) is 6.42 Å². The molecule has 2 N–H and O–H groups in total. The van der Waals surface area contributed by atoms with Gasteiger partial charge >= 0.3 is 29.6 Å². The van der Waals surface area contributed by atoms with Gasteiger partial charge in [0.15, 0.2) is 0 Å². The Kier molecular flexibility index (Phi) is 15.7. The molecule has 0 aliphatic rings. The smallest absolute Gasteiger partial charge is 1.00 e. The summed E-state index contributed by atoms with van der Waals surface area (Å²) in [5, 5.41) is 27.3. The number of rotatable bonds is 11. The third kappa shape index (κ3) is 19.4. The summed E-state index contributed by atoms with van der Waals surface area (Å²) in [5.74, 6) is 0. The Labute approximate surface area is 129 Å². The first-order chi connectivity index (χ1) is 7.56. The number of unbranched alkanes of at least 4 members (excludes halogenated alkanes) is 9. The first-order valence-corrected chi connectivity index (χ1v) is 6.61. The van der Waals surface area contributed by atoms with Crippen molar-refractivity contribution in [3.05, 3.63) is 5.21 Å². The van der Waals surface area contributed by atoms with Crippen molar-refractivity contribution in [2.24, 2.45) is 0 Å². The minimum Gasteiger partial charge on any atom is -1.00 e. The Bertz CT molecular complexity index is 157. The molecule has 0 saturated heterocycles. The first kappa shape index (κ1) is 20.2. The van der Waals surface area contributed by atoms with Gasteiger partial charge in [0.05, 0.1) is 0 Å². The molecule has 100 valence electrons. The van der Waals surface area contributed by atoms with Crippen LogP contribution in [0.1, 0.15) is 72.6 Å². The van der Waals surface area contributed by atoms with Crippen LogP contribution in [0, 0.1) is 5.21 Å². The van der Waals surface area contributed by atoms with Crippen LogP contribution in [-0.4, -0.2) is 21.9 Å². The molecule has 0 saturated carbocycles. The van der Waals surface area contributed by atoms with E-state index in [9.17, 15) is 5.21 Å². The molecule has 4 nitrogen and oxygen atoms in total. The number of hydrogen-bond donors (Lipinski definition) is 2. The summed E-state index contributed by atoms with van der Waals surface area (Å²) in [7, 11) is 0. The quantitative estimate of drug-likeness (QED) is 0.252. The fraction of sp³-hybridized carbons (Fsp3) is 1.00. The molecule has 17 heavy (non-hydrogen) atoms. The Morgan fingerprint density at radius 3 is 1.53 bits per heavy atom. The maximum absolute atomic E-state index is 10.4. The fourth-order valence-corrected chi connectivity index (χ4v) is 1.81. The van der Waals surface area contributed by atoms with Crippen molar-refractivity contribution in [2.45, 2.75) is 71.1 Å². The van der Waals surface area contributed by atoms with E-state index in [-0.39, 0.29) is 37.5 Å². The van der Waals surface area contributed by atoms with Crippen LogP contribution in [0.4, 0.5) is 0 Å². The summed E-state index contributed by atoms with van der Waals surface area (Å²) >= 11 is 0. The Balaban J connectivity index is -0.00000112. The van der Waals surface area contributed by atoms with E-state index in [1.165, 1.54) is 44.9 Å². The fourth-order valence-electron chi connectivity index (χ4n) is 1.81. The zero-order chi connectivity index (χ0) is 12.3. The van der Waals surface area contributed by atoms with Crippen LogP contribution in [0.25, 0.3) is 0 Å². The summed E-state index contributed by atoms with van der Waals surface area (Å²) < 4.78 is 0. The van der Waals surface area contributed by atoms with Gasteiger partial charge in [0.1, 0.15) is 6.54 Å². The van der Waals surface area contributed by atoms with E-state index in [0.717, 1.165) is 12.8 Å². The molecule has 0 rings (SSSR count). The molecule has 0 fully saturated rings. The van der Waals surface area contributed by atoms with Gasteiger partial charge in [0.25, 0.3) is 0 Å². The molecule has 0 amide bonds. The number of hydrogen-bond acceptors (Lipinski definition) is 3. The molecule has 0 radical (unpaired) electrons. The van der Waals surface area contributed by atoms with Crippen LogP contribution in [0.15, 0.2) is 0 Å². The minimum absolute atomic E-state index is 0. The first-order valence-electron chi connectivity index (χ1n) is 6.61. The SMILES string of the molecule is CCCCCCCCCCCC[N+]([O-])(O)O.[H-].[Na+]. The summed E-state index contributed by atoms with van der Waals surface area (Å²) in [6.45, 7) is 2.10. The molecule has 0 aromatic rings. The third-order valence-corrected chi connectivity index (χ3v) is 2.80. The standard InChI is InChI=1S/C12H27NO3.Na.H/c1-2-3-4-5-6-7-8-9-10-11-12-13(14,15)16;;/h14-15H,2-12H2,1H3;;/q;+1;-1. The van der Waals surface area contributed by atoms with Gasteiger partial charge in [-0.1, -0.05) is 63.3 Å². The molecule has 0 aromatic carbocycles. The van der Waals surface area contributed by atoms with E-state index in [1.54, 1.807) is 0 Å². The third-order valence-electron chi connectivity index (χ3n) is 2.80. The van der Waals surface area contributed by atoms with Crippen molar-refractivity contribution in [1.29, 1.82) is 0 Å². The normalized spacial score (nSPS) is 11.3. The molecule has 0 aliphatic carbocycles. The van der Waals surface area contributed by atoms with Gasteiger partial charge in [0.2, 0.25) is 0 Å². The molecule has 5 heteroatoms. The van der Waals surface area contributed by atoms with Crippen molar-refractivity contribution in [1.82, 2.24) is 0 Å². The maximum Gasteiger partial charge on any atom is 1.00 e. The zero-order valence-corrected chi connectivity index (χ0v) is 13.5. The molecule has 0 heterocycles. The zero-order valence-electron chi connectivity index (χ0n) is 12.5. The second-order valence-electron chi connectivity index (χ2n) is 4.57. The van der Waals surface area contributed by atoms with Gasteiger partial charge in [-0.2, -0.15) is 10.4 Å². The molecule has 0 bridgehead atoms. The Morgan fingerprint density at radius 2 is 1.18 bits per heavy atom. The number of hydroxylamine groups is 3.